The number of furan rings is 1. The quantitative estimate of drug-likeness (QED) is 0.887. The van der Waals surface area contributed by atoms with E-state index in [0.717, 1.165) is 13.0 Å². The standard InChI is InChI=1S/C19H22N2O3/c1-14-9-17(13-24-14)19(23)20-11-16-10-18(22)21(12-16)8-7-15-5-3-2-4-6-15/h2-6,9,13,16H,7-8,10-12H2,1H3,(H,20,23)/t16-/m1/s1. The highest BCUT2D eigenvalue weighted by molar-refractivity contribution is 5.94. The van der Waals surface area contributed by atoms with Crippen LogP contribution in [0.25, 0.3) is 0 Å². The van der Waals surface area contributed by atoms with Crippen LogP contribution in [0, 0.1) is 12.8 Å². The molecule has 0 aliphatic carbocycles. The Morgan fingerprint density at radius 3 is 2.83 bits per heavy atom. The van der Waals surface area contributed by atoms with E-state index < -0.39 is 0 Å². The summed E-state index contributed by atoms with van der Waals surface area (Å²) in [5, 5.41) is 2.89. The highest BCUT2D eigenvalue weighted by Gasteiger charge is 2.29. The third-order valence-corrected chi connectivity index (χ3v) is 4.35. The maximum atomic E-state index is 12.1. The molecule has 1 saturated heterocycles. The van der Waals surface area contributed by atoms with Gasteiger partial charge in [0.2, 0.25) is 5.91 Å². The van der Waals surface area contributed by atoms with Crippen molar-refractivity contribution in [2.45, 2.75) is 19.8 Å². The second-order valence-corrected chi connectivity index (χ2v) is 6.30. The molecule has 0 saturated carbocycles. The van der Waals surface area contributed by atoms with Gasteiger partial charge in [0.15, 0.2) is 0 Å². The number of benzene rings is 1. The van der Waals surface area contributed by atoms with E-state index in [2.05, 4.69) is 17.4 Å². The van der Waals surface area contributed by atoms with Gasteiger partial charge in [-0.2, -0.15) is 0 Å². The number of carbonyl (C=O) groups is 2. The first-order chi connectivity index (χ1) is 11.6. The molecular weight excluding hydrogens is 304 g/mol. The molecule has 0 unspecified atom stereocenters. The first-order valence-electron chi connectivity index (χ1n) is 8.27. The molecule has 1 aromatic carbocycles. The molecule has 1 aromatic heterocycles. The van der Waals surface area contributed by atoms with Gasteiger partial charge in [-0.1, -0.05) is 30.3 Å². The van der Waals surface area contributed by atoms with Crippen LogP contribution in [-0.2, 0) is 11.2 Å². The Morgan fingerprint density at radius 2 is 2.12 bits per heavy atom. The van der Waals surface area contributed by atoms with Gasteiger partial charge in [0.25, 0.3) is 5.91 Å². The highest BCUT2D eigenvalue weighted by atomic mass is 16.3. The van der Waals surface area contributed by atoms with Gasteiger partial charge in [-0.05, 0) is 25.0 Å². The fraction of sp³-hybridized carbons (Fsp3) is 0.368. The minimum atomic E-state index is -0.151. The van der Waals surface area contributed by atoms with Crippen LogP contribution < -0.4 is 5.32 Å². The summed E-state index contributed by atoms with van der Waals surface area (Å²) < 4.78 is 5.14. The zero-order valence-electron chi connectivity index (χ0n) is 13.8. The summed E-state index contributed by atoms with van der Waals surface area (Å²) in [5.41, 5.74) is 1.76. The lowest BCUT2D eigenvalue weighted by Gasteiger charge is -2.16. The molecule has 0 radical (unpaired) electrons. The van der Waals surface area contributed by atoms with Gasteiger partial charge in [-0.25, -0.2) is 0 Å². The van der Waals surface area contributed by atoms with Crippen molar-refractivity contribution in [2.75, 3.05) is 19.6 Å². The number of likely N-dealkylation sites (tertiary alicyclic amines) is 1. The summed E-state index contributed by atoms with van der Waals surface area (Å²) in [6.45, 7) is 3.75. The van der Waals surface area contributed by atoms with E-state index in [9.17, 15) is 9.59 Å². The number of nitrogens with one attached hydrogen (secondary N) is 1. The number of rotatable bonds is 6. The maximum absolute atomic E-state index is 12.1. The zero-order valence-corrected chi connectivity index (χ0v) is 13.8. The van der Waals surface area contributed by atoms with Gasteiger partial charge < -0.3 is 14.6 Å². The Bertz CT molecular complexity index is 708. The Kier molecular flexibility index (Phi) is 4.99. The number of hydrogen-bond donors (Lipinski definition) is 1. The molecule has 2 heterocycles. The van der Waals surface area contributed by atoms with E-state index in [0.29, 0.717) is 30.8 Å². The van der Waals surface area contributed by atoms with E-state index in [4.69, 9.17) is 4.42 Å². The Morgan fingerprint density at radius 1 is 1.33 bits per heavy atom. The average Bonchev–Trinajstić information content (AvgIpc) is 3.17. The molecule has 2 amide bonds. The number of carbonyl (C=O) groups excluding carboxylic acids is 2. The van der Waals surface area contributed by atoms with Crippen LogP contribution >= 0.6 is 0 Å². The molecule has 5 heteroatoms. The van der Waals surface area contributed by atoms with Gasteiger partial charge in [0.1, 0.15) is 12.0 Å². The van der Waals surface area contributed by atoms with E-state index in [1.54, 1.807) is 13.0 Å². The molecule has 1 aliphatic rings. The molecule has 1 N–H and O–H groups in total. The van der Waals surface area contributed by atoms with Crippen LogP contribution in [0.3, 0.4) is 0 Å². The normalized spacial score (nSPS) is 17.3. The van der Waals surface area contributed by atoms with Crippen LogP contribution in [0.1, 0.15) is 28.1 Å². The molecular formula is C19H22N2O3. The Hall–Kier alpha value is -2.56. The Labute approximate surface area is 141 Å². The molecule has 1 fully saturated rings. The van der Waals surface area contributed by atoms with E-state index in [1.165, 1.54) is 11.8 Å². The van der Waals surface area contributed by atoms with Crippen LogP contribution in [0.2, 0.25) is 0 Å². The van der Waals surface area contributed by atoms with Crippen molar-refractivity contribution in [1.29, 1.82) is 0 Å². The van der Waals surface area contributed by atoms with E-state index >= 15 is 0 Å². The molecule has 3 rings (SSSR count). The van der Waals surface area contributed by atoms with Crippen molar-refractivity contribution in [1.82, 2.24) is 10.2 Å². The fourth-order valence-corrected chi connectivity index (χ4v) is 3.02. The number of nitrogens with zero attached hydrogens (tertiary/aromatic N) is 1. The second kappa shape index (κ2) is 7.34. The van der Waals surface area contributed by atoms with Crippen molar-refractivity contribution >= 4 is 11.8 Å². The van der Waals surface area contributed by atoms with Crippen LogP contribution in [0.5, 0.6) is 0 Å². The molecule has 0 bridgehead atoms. The van der Waals surface area contributed by atoms with Gasteiger partial charge in [-0.15, -0.1) is 0 Å². The lowest BCUT2D eigenvalue weighted by Crippen LogP contribution is -2.31. The van der Waals surface area contributed by atoms with Crippen molar-refractivity contribution in [3.63, 3.8) is 0 Å². The van der Waals surface area contributed by atoms with Gasteiger partial charge >= 0.3 is 0 Å². The van der Waals surface area contributed by atoms with E-state index in [-0.39, 0.29) is 17.7 Å². The number of amides is 2. The SMILES string of the molecule is Cc1cc(C(=O)NC[C@H]2CC(=O)N(CCc3ccccc3)C2)co1. The molecule has 126 valence electrons. The topological polar surface area (TPSA) is 62.6 Å². The number of aryl methyl sites for hydroxylation is 1. The lowest BCUT2D eigenvalue weighted by molar-refractivity contribution is -0.127. The molecule has 1 aliphatic heterocycles. The Balaban J connectivity index is 1.45. The highest BCUT2D eigenvalue weighted by Crippen LogP contribution is 2.18. The summed E-state index contributed by atoms with van der Waals surface area (Å²) in [7, 11) is 0. The van der Waals surface area contributed by atoms with Gasteiger partial charge in [0, 0.05) is 32.0 Å². The maximum Gasteiger partial charge on any atom is 0.254 e. The summed E-state index contributed by atoms with van der Waals surface area (Å²) in [5.74, 6) is 0.903. The fourth-order valence-electron chi connectivity index (χ4n) is 3.02. The minimum Gasteiger partial charge on any atom is -0.469 e. The van der Waals surface area contributed by atoms with Crippen LogP contribution in [0.15, 0.2) is 47.1 Å². The average molecular weight is 326 g/mol. The second-order valence-electron chi connectivity index (χ2n) is 6.30. The summed E-state index contributed by atoms with van der Waals surface area (Å²) >= 11 is 0. The largest absolute Gasteiger partial charge is 0.469 e. The smallest absolute Gasteiger partial charge is 0.254 e. The minimum absolute atomic E-state index is 0.151. The third kappa shape index (κ3) is 4.04. The van der Waals surface area contributed by atoms with Gasteiger partial charge in [0.05, 0.1) is 5.56 Å². The zero-order chi connectivity index (χ0) is 16.9. The predicted octanol–water partition coefficient (Wildman–Crippen LogP) is 2.41. The monoisotopic (exact) mass is 326 g/mol. The van der Waals surface area contributed by atoms with E-state index in [1.807, 2.05) is 23.1 Å². The number of hydrogen-bond acceptors (Lipinski definition) is 3. The summed E-state index contributed by atoms with van der Waals surface area (Å²) in [4.78, 5) is 26.0. The van der Waals surface area contributed by atoms with Crippen molar-refractivity contribution in [3.8, 4) is 0 Å². The van der Waals surface area contributed by atoms with Gasteiger partial charge in [-0.3, -0.25) is 9.59 Å². The van der Waals surface area contributed by atoms with Crippen LogP contribution in [-0.4, -0.2) is 36.3 Å². The molecule has 5 nitrogen and oxygen atoms in total. The van der Waals surface area contributed by atoms with Crippen LogP contribution in [0.4, 0.5) is 0 Å². The van der Waals surface area contributed by atoms with Crippen molar-refractivity contribution in [2.24, 2.45) is 5.92 Å². The first kappa shape index (κ1) is 16.3. The molecule has 0 spiro atoms. The molecule has 2 aromatic rings. The lowest BCUT2D eigenvalue weighted by atomic mass is 10.1. The molecule has 24 heavy (non-hydrogen) atoms. The predicted molar refractivity (Wildman–Crippen MR) is 90.6 cm³/mol. The first-order valence-corrected chi connectivity index (χ1v) is 8.27. The van der Waals surface area contributed by atoms with Crippen molar-refractivity contribution in [3.05, 3.63) is 59.5 Å². The van der Waals surface area contributed by atoms with Crippen molar-refractivity contribution < 1.29 is 14.0 Å². The summed E-state index contributed by atoms with van der Waals surface area (Å²) in [6.07, 6.45) is 2.82. The molecule has 1 atom stereocenters. The summed E-state index contributed by atoms with van der Waals surface area (Å²) in [6, 6.07) is 11.9. The third-order valence-electron chi connectivity index (χ3n) is 4.35.